The third-order valence-corrected chi connectivity index (χ3v) is 2.94. The number of hydrogen-bond donors (Lipinski definition) is 1. The molecule has 1 nitrogen and oxygen atoms in total. The van der Waals surface area contributed by atoms with E-state index in [1.165, 1.54) is 11.3 Å². The van der Waals surface area contributed by atoms with Crippen LogP contribution in [0, 0.1) is 12.3 Å². The highest BCUT2D eigenvalue weighted by Gasteiger charge is 2.08. The summed E-state index contributed by atoms with van der Waals surface area (Å²) in [7, 11) is 0. The Morgan fingerprint density at radius 3 is 2.92 bits per heavy atom. The fourth-order valence-electron chi connectivity index (χ4n) is 1.01. The van der Waals surface area contributed by atoms with Crippen molar-refractivity contribution in [1.82, 2.24) is 5.32 Å². The van der Waals surface area contributed by atoms with E-state index in [1.807, 2.05) is 12.1 Å². The van der Waals surface area contributed by atoms with Crippen molar-refractivity contribution in [3.8, 4) is 12.3 Å². The van der Waals surface area contributed by atoms with Gasteiger partial charge in [0.2, 0.25) is 0 Å². The fourth-order valence-corrected chi connectivity index (χ4v) is 2.11. The largest absolute Gasteiger partial charge is 0.299 e. The van der Waals surface area contributed by atoms with Gasteiger partial charge in [0.05, 0.1) is 4.34 Å². The molecule has 13 heavy (non-hydrogen) atoms. The molecule has 0 aromatic carbocycles. The standard InChI is InChI=1S/C10H12ClNS/c1-3-7-12-8(4-2)9-5-6-10(11)13-9/h2,5-6,8,12H,3,7H2,1H3. The van der Waals surface area contributed by atoms with E-state index in [-0.39, 0.29) is 6.04 Å². The summed E-state index contributed by atoms with van der Waals surface area (Å²) in [6.07, 6.45) is 6.49. The molecule has 0 radical (unpaired) electrons. The van der Waals surface area contributed by atoms with Gasteiger partial charge in [0.15, 0.2) is 0 Å². The molecule has 1 unspecified atom stereocenters. The topological polar surface area (TPSA) is 12.0 Å². The van der Waals surface area contributed by atoms with Crippen LogP contribution in [0.2, 0.25) is 4.34 Å². The lowest BCUT2D eigenvalue weighted by Gasteiger charge is -2.09. The van der Waals surface area contributed by atoms with Crippen molar-refractivity contribution in [1.29, 1.82) is 0 Å². The molecule has 1 N–H and O–H groups in total. The van der Waals surface area contributed by atoms with Crippen molar-refractivity contribution >= 4 is 22.9 Å². The predicted molar refractivity (Wildman–Crippen MR) is 59.2 cm³/mol. The molecule has 0 fully saturated rings. The van der Waals surface area contributed by atoms with Gasteiger partial charge in [0, 0.05) is 4.88 Å². The average molecular weight is 214 g/mol. The first-order valence-electron chi connectivity index (χ1n) is 4.22. The molecule has 0 saturated heterocycles. The summed E-state index contributed by atoms with van der Waals surface area (Å²) in [5.74, 6) is 2.71. The Bertz CT molecular complexity index is 300. The third-order valence-electron chi connectivity index (χ3n) is 1.64. The van der Waals surface area contributed by atoms with Crippen LogP contribution in [-0.4, -0.2) is 6.54 Å². The van der Waals surface area contributed by atoms with Crippen molar-refractivity contribution in [3.05, 3.63) is 21.3 Å². The lowest BCUT2D eigenvalue weighted by atomic mass is 10.2. The van der Waals surface area contributed by atoms with E-state index in [2.05, 4.69) is 18.2 Å². The Labute approximate surface area is 88.1 Å². The lowest BCUT2D eigenvalue weighted by molar-refractivity contribution is 0.633. The number of terminal acetylenes is 1. The van der Waals surface area contributed by atoms with Crippen LogP contribution in [0.5, 0.6) is 0 Å². The highest BCUT2D eigenvalue weighted by atomic mass is 35.5. The van der Waals surface area contributed by atoms with Crippen LogP contribution in [0.1, 0.15) is 24.3 Å². The van der Waals surface area contributed by atoms with Crippen molar-refractivity contribution in [2.24, 2.45) is 0 Å². The number of halogens is 1. The maximum Gasteiger partial charge on any atom is 0.104 e. The molecular weight excluding hydrogens is 202 g/mol. The summed E-state index contributed by atoms with van der Waals surface area (Å²) in [6, 6.07) is 3.86. The zero-order chi connectivity index (χ0) is 9.68. The molecule has 1 aromatic rings. The highest BCUT2D eigenvalue weighted by molar-refractivity contribution is 7.16. The van der Waals surface area contributed by atoms with Crippen LogP contribution in [0.15, 0.2) is 12.1 Å². The number of hydrogen-bond acceptors (Lipinski definition) is 2. The summed E-state index contributed by atoms with van der Waals surface area (Å²) < 4.78 is 0.786. The smallest absolute Gasteiger partial charge is 0.104 e. The van der Waals surface area contributed by atoms with E-state index in [1.54, 1.807) is 0 Å². The Balaban J connectivity index is 2.63. The van der Waals surface area contributed by atoms with Gasteiger partial charge in [-0.05, 0) is 25.1 Å². The second kappa shape index (κ2) is 5.29. The molecule has 70 valence electrons. The summed E-state index contributed by atoms with van der Waals surface area (Å²) in [6.45, 7) is 3.05. The molecular formula is C10H12ClNS. The van der Waals surface area contributed by atoms with Crippen molar-refractivity contribution in [3.63, 3.8) is 0 Å². The molecule has 0 bridgehead atoms. The molecule has 0 aliphatic carbocycles. The van der Waals surface area contributed by atoms with Gasteiger partial charge in [-0.2, -0.15) is 0 Å². The zero-order valence-corrected chi connectivity index (χ0v) is 9.08. The molecule has 1 rings (SSSR count). The van der Waals surface area contributed by atoms with Crippen LogP contribution in [-0.2, 0) is 0 Å². The minimum Gasteiger partial charge on any atom is -0.299 e. The quantitative estimate of drug-likeness (QED) is 0.759. The van der Waals surface area contributed by atoms with E-state index < -0.39 is 0 Å². The Kier molecular flexibility index (Phi) is 4.31. The van der Waals surface area contributed by atoms with Crippen molar-refractivity contribution < 1.29 is 0 Å². The minimum atomic E-state index is 0.0115. The Morgan fingerprint density at radius 2 is 2.46 bits per heavy atom. The van der Waals surface area contributed by atoms with Crippen LogP contribution in [0.25, 0.3) is 0 Å². The first-order valence-corrected chi connectivity index (χ1v) is 5.42. The summed E-state index contributed by atoms with van der Waals surface area (Å²) in [4.78, 5) is 1.11. The Hall–Kier alpha value is -0.490. The second-order valence-electron chi connectivity index (χ2n) is 2.70. The normalized spacial score (nSPS) is 12.4. The number of nitrogens with one attached hydrogen (secondary N) is 1. The molecule has 0 aliphatic heterocycles. The average Bonchev–Trinajstić information content (AvgIpc) is 2.54. The van der Waals surface area contributed by atoms with Gasteiger partial charge in [-0.15, -0.1) is 17.8 Å². The first-order chi connectivity index (χ1) is 6.27. The van der Waals surface area contributed by atoms with Gasteiger partial charge in [-0.3, -0.25) is 5.32 Å². The maximum atomic E-state index is 5.82. The fraction of sp³-hybridized carbons (Fsp3) is 0.400. The summed E-state index contributed by atoms with van der Waals surface area (Å²) in [5.41, 5.74) is 0. The van der Waals surface area contributed by atoms with Crippen LogP contribution < -0.4 is 5.32 Å². The number of thiophene rings is 1. The second-order valence-corrected chi connectivity index (χ2v) is 4.44. The summed E-state index contributed by atoms with van der Waals surface area (Å²) >= 11 is 7.35. The minimum absolute atomic E-state index is 0.0115. The van der Waals surface area contributed by atoms with E-state index in [0.717, 1.165) is 22.2 Å². The molecule has 1 aromatic heterocycles. The van der Waals surface area contributed by atoms with Crippen LogP contribution >= 0.6 is 22.9 Å². The molecule has 1 heterocycles. The van der Waals surface area contributed by atoms with Gasteiger partial charge in [0.1, 0.15) is 6.04 Å². The third kappa shape index (κ3) is 3.04. The maximum absolute atomic E-state index is 5.82. The van der Waals surface area contributed by atoms with Gasteiger partial charge in [-0.1, -0.05) is 24.4 Å². The molecule has 0 saturated carbocycles. The molecule has 1 atom stereocenters. The van der Waals surface area contributed by atoms with Gasteiger partial charge in [-0.25, -0.2) is 0 Å². The van der Waals surface area contributed by atoms with Crippen molar-refractivity contribution in [2.75, 3.05) is 6.54 Å². The number of rotatable bonds is 4. The monoisotopic (exact) mass is 213 g/mol. The van der Waals surface area contributed by atoms with Crippen LogP contribution in [0.3, 0.4) is 0 Å². The lowest BCUT2D eigenvalue weighted by Crippen LogP contribution is -2.19. The van der Waals surface area contributed by atoms with E-state index in [9.17, 15) is 0 Å². The van der Waals surface area contributed by atoms with Gasteiger partial charge >= 0.3 is 0 Å². The van der Waals surface area contributed by atoms with Crippen LogP contribution in [0.4, 0.5) is 0 Å². The molecule has 0 amide bonds. The van der Waals surface area contributed by atoms with E-state index in [4.69, 9.17) is 18.0 Å². The first kappa shape index (κ1) is 10.6. The Morgan fingerprint density at radius 1 is 1.69 bits per heavy atom. The van der Waals surface area contributed by atoms with E-state index >= 15 is 0 Å². The molecule has 0 aliphatic rings. The van der Waals surface area contributed by atoms with Crippen molar-refractivity contribution in [2.45, 2.75) is 19.4 Å². The van der Waals surface area contributed by atoms with Gasteiger partial charge < -0.3 is 0 Å². The summed E-state index contributed by atoms with van der Waals surface area (Å²) in [5, 5.41) is 3.26. The molecule has 0 spiro atoms. The zero-order valence-electron chi connectivity index (χ0n) is 7.51. The highest BCUT2D eigenvalue weighted by Crippen LogP contribution is 2.26. The molecule has 3 heteroatoms. The van der Waals surface area contributed by atoms with Gasteiger partial charge in [0.25, 0.3) is 0 Å². The SMILES string of the molecule is C#CC(NCCC)c1ccc(Cl)s1. The predicted octanol–water partition coefficient (Wildman–Crippen LogP) is 3.08. The van der Waals surface area contributed by atoms with E-state index in [0.29, 0.717) is 0 Å².